The summed E-state index contributed by atoms with van der Waals surface area (Å²) in [5.41, 5.74) is 1.20. The van der Waals surface area contributed by atoms with Crippen molar-refractivity contribution in [2.75, 3.05) is 31.1 Å². The molecule has 2 aromatic heterocycles. The first-order valence-electron chi connectivity index (χ1n) is 7.33. The van der Waals surface area contributed by atoms with Gasteiger partial charge in [-0.2, -0.15) is 4.37 Å². The molecule has 0 bridgehead atoms. The van der Waals surface area contributed by atoms with Crippen molar-refractivity contribution in [3.63, 3.8) is 0 Å². The summed E-state index contributed by atoms with van der Waals surface area (Å²) in [6.07, 6.45) is 0. The molecule has 0 radical (unpaired) electrons. The Kier molecular flexibility index (Phi) is 4.51. The molecule has 0 N–H and O–H groups in total. The van der Waals surface area contributed by atoms with Crippen LogP contribution in [0.4, 0.5) is 5.13 Å². The number of rotatable bonds is 4. The number of hydrogen-bond donors (Lipinski definition) is 0. The van der Waals surface area contributed by atoms with Gasteiger partial charge in [-0.15, -0.1) is 11.3 Å². The first kappa shape index (κ1) is 14.9. The van der Waals surface area contributed by atoms with E-state index in [2.05, 4.69) is 50.3 Å². The third-order valence-electron chi connectivity index (χ3n) is 3.64. The van der Waals surface area contributed by atoms with Gasteiger partial charge in [-0.05, 0) is 6.92 Å². The third-order valence-corrected chi connectivity index (χ3v) is 5.26. The van der Waals surface area contributed by atoms with Gasteiger partial charge in [0, 0.05) is 55.6 Å². The minimum Gasteiger partial charge on any atom is -0.344 e. The number of thiazole rings is 1. The fourth-order valence-electron chi connectivity index (χ4n) is 2.40. The summed E-state index contributed by atoms with van der Waals surface area (Å²) in [7, 11) is 0. The van der Waals surface area contributed by atoms with Gasteiger partial charge in [0.1, 0.15) is 5.82 Å². The molecule has 1 aliphatic rings. The van der Waals surface area contributed by atoms with Crippen LogP contribution < -0.4 is 4.90 Å². The lowest BCUT2D eigenvalue weighted by atomic mass is 10.2. The van der Waals surface area contributed by atoms with Crippen molar-refractivity contribution in [3.8, 4) is 0 Å². The van der Waals surface area contributed by atoms with E-state index in [9.17, 15) is 0 Å². The molecule has 0 saturated carbocycles. The lowest BCUT2D eigenvalue weighted by Crippen LogP contribution is -2.46. The molecule has 0 atom stereocenters. The topological polar surface area (TPSA) is 45.2 Å². The van der Waals surface area contributed by atoms with Crippen molar-refractivity contribution < 1.29 is 0 Å². The zero-order chi connectivity index (χ0) is 14.8. The highest BCUT2D eigenvalue weighted by Crippen LogP contribution is 2.23. The van der Waals surface area contributed by atoms with E-state index in [1.807, 2.05) is 0 Å². The van der Waals surface area contributed by atoms with Crippen molar-refractivity contribution in [1.29, 1.82) is 0 Å². The predicted octanol–water partition coefficient (Wildman–Crippen LogP) is 2.75. The van der Waals surface area contributed by atoms with Crippen molar-refractivity contribution >= 4 is 28.0 Å². The number of nitrogens with zero attached hydrogens (tertiary/aromatic N) is 5. The van der Waals surface area contributed by atoms with Crippen LogP contribution in [0.2, 0.25) is 0 Å². The lowest BCUT2D eigenvalue weighted by molar-refractivity contribution is 0.247. The van der Waals surface area contributed by atoms with Crippen LogP contribution in [0.3, 0.4) is 0 Å². The second-order valence-corrected chi connectivity index (χ2v) is 7.50. The number of anilines is 1. The van der Waals surface area contributed by atoms with Gasteiger partial charge in [-0.1, -0.05) is 13.8 Å². The van der Waals surface area contributed by atoms with Crippen LogP contribution in [0.5, 0.6) is 0 Å². The Morgan fingerprint density at radius 1 is 1.19 bits per heavy atom. The Hall–Kier alpha value is -1.05. The molecular weight excluding hydrogens is 302 g/mol. The van der Waals surface area contributed by atoms with Gasteiger partial charge in [-0.25, -0.2) is 9.97 Å². The van der Waals surface area contributed by atoms with E-state index in [0.717, 1.165) is 48.7 Å². The molecule has 1 saturated heterocycles. The predicted molar refractivity (Wildman–Crippen MR) is 88.3 cm³/mol. The Balaban J connectivity index is 1.54. The van der Waals surface area contributed by atoms with Gasteiger partial charge in [0.25, 0.3) is 0 Å². The van der Waals surface area contributed by atoms with Gasteiger partial charge < -0.3 is 4.90 Å². The van der Waals surface area contributed by atoms with Crippen LogP contribution in [0, 0.1) is 6.92 Å². The smallest absolute Gasteiger partial charge is 0.205 e. The lowest BCUT2D eigenvalue weighted by Gasteiger charge is -2.33. The monoisotopic (exact) mass is 323 g/mol. The molecule has 114 valence electrons. The van der Waals surface area contributed by atoms with E-state index in [4.69, 9.17) is 0 Å². The first-order valence-corrected chi connectivity index (χ1v) is 8.99. The fourth-order valence-corrected chi connectivity index (χ4v) is 3.86. The normalized spacial score (nSPS) is 16.9. The third kappa shape index (κ3) is 3.59. The number of hydrogen-bond acceptors (Lipinski definition) is 7. The average molecular weight is 323 g/mol. The summed E-state index contributed by atoms with van der Waals surface area (Å²) in [6.45, 7) is 11.5. The quantitative estimate of drug-likeness (QED) is 0.866. The van der Waals surface area contributed by atoms with Crippen molar-refractivity contribution in [2.24, 2.45) is 0 Å². The standard InChI is InChI=1S/C14H21N5S2/c1-10(2)13-16-14(21-17-13)19-6-4-18(5-7-19)8-12-9-20-11(3)15-12/h9-10H,4-8H2,1-3H3. The zero-order valence-electron chi connectivity index (χ0n) is 12.7. The summed E-state index contributed by atoms with van der Waals surface area (Å²) < 4.78 is 4.45. The van der Waals surface area contributed by atoms with Crippen LogP contribution in [0.1, 0.15) is 36.3 Å². The minimum absolute atomic E-state index is 0.407. The van der Waals surface area contributed by atoms with Crippen LogP contribution >= 0.6 is 22.9 Å². The highest BCUT2D eigenvalue weighted by Gasteiger charge is 2.21. The Labute approximate surface area is 133 Å². The zero-order valence-corrected chi connectivity index (χ0v) is 14.4. The number of aryl methyl sites for hydroxylation is 1. The van der Waals surface area contributed by atoms with Crippen LogP contribution in [0.15, 0.2) is 5.38 Å². The number of piperazine rings is 1. The van der Waals surface area contributed by atoms with E-state index in [1.54, 1.807) is 11.3 Å². The van der Waals surface area contributed by atoms with Crippen molar-refractivity contribution in [1.82, 2.24) is 19.2 Å². The van der Waals surface area contributed by atoms with Crippen molar-refractivity contribution in [3.05, 3.63) is 21.9 Å². The second kappa shape index (κ2) is 6.37. The molecule has 3 rings (SSSR count). The van der Waals surface area contributed by atoms with E-state index in [1.165, 1.54) is 17.2 Å². The van der Waals surface area contributed by atoms with Crippen LogP contribution in [0.25, 0.3) is 0 Å². The van der Waals surface area contributed by atoms with E-state index < -0.39 is 0 Å². The Bertz CT molecular complexity index is 584. The summed E-state index contributed by atoms with van der Waals surface area (Å²) in [4.78, 5) is 14.0. The molecule has 0 aromatic carbocycles. The average Bonchev–Trinajstić information content (AvgIpc) is 3.09. The molecule has 7 heteroatoms. The van der Waals surface area contributed by atoms with Crippen molar-refractivity contribution in [2.45, 2.75) is 33.2 Å². The first-order chi connectivity index (χ1) is 10.1. The van der Waals surface area contributed by atoms with E-state index in [-0.39, 0.29) is 0 Å². The van der Waals surface area contributed by atoms with Gasteiger partial charge in [0.15, 0.2) is 0 Å². The van der Waals surface area contributed by atoms with E-state index in [0.29, 0.717) is 5.92 Å². The number of aromatic nitrogens is 3. The Morgan fingerprint density at radius 3 is 2.52 bits per heavy atom. The Morgan fingerprint density at radius 2 is 1.95 bits per heavy atom. The van der Waals surface area contributed by atoms with Crippen LogP contribution in [-0.2, 0) is 6.54 Å². The van der Waals surface area contributed by atoms with E-state index >= 15 is 0 Å². The molecule has 1 aliphatic heterocycles. The van der Waals surface area contributed by atoms with Crippen LogP contribution in [-0.4, -0.2) is 45.4 Å². The summed E-state index contributed by atoms with van der Waals surface area (Å²) in [5, 5.41) is 4.39. The molecule has 0 unspecified atom stereocenters. The molecule has 0 aliphatic carbocycles. The fraction of sp³-hybridized carbons (Fsp3) is 0.643. The molecule has 1 fully saturated rings. The van der Waals surface area contributed by atoms with Gasteiger partial charge in [0.05, 0.1) is 10.7 Å². The minimum atomic E-state index is 0.407. The summed E-state index contributed by atoms with van der Waals surface area (Å²) in [5.74, 6) is 1.37. The largest absolute Gasteiger partial charge is 0.344 e. The molecule has 3 heterocycles. The molecular formula is C14H21N5S2. The van der Waals surface area contributed by atoms with Gasteiger partial charge in [0.2, 0.25) is 5.13 Å². The maximum absolute atomic E-state index is 4.65. The summed E-state index contributed by atoms with van der Waals surface area (Å²) in [6, 6.07) is 0. The maximum atomic E-state index is 4.65. The SMILES string of the molecule is Cc1nc(CN2CCN(c3nc(C(C)C)ns3)CC2)cs1. The van der Waals surface area contributed by atoms with Gasteiger partial charge in [-0.3, -0.25) is 4.90 Å². The molecule has 5 nitrogen and oxygen atoms in total. The highest BCUT2D eigenvalue weighted by atomic mass is 32.1. The molecule has 0 amide bonds. The molecule has 21 heavy (non-hydrogen) atoms. The molecule has 0 spiro atoms. The second-order valence-electron chi connectivity index (χ2n) is 5.71. The summed E-state index contributed by atoms with van der Waals surface area (Å²) >= 11 is 3.26. The highest BCUT2D eigenvalue weighted by molar-refractivity contribution is 7.09. The molecule has 2 aromatic rings. The maximum Gasteiger partial charge on any atom is 0.205 e. The van der Waals surface area contributed by atoms with Gasteiger partial charge >= 0.3 is 0 Å².